The first-order chi connectivity index (χ1) is 9.19. The van der Waals surface area contributed by atoms with Gasteiger partial charge in [0.2, 0.25) is 0 Å². The smallest absolute Gasteiger partial charge is 0.276 e. The Morgan fingerprint density at radius 1 is 1.21 bits per heavy atom. The van der Waals surface area contributed by atoms with Crippen LogP contribution in [0.5, 0.6) is 5.75 Å². The number of benzene rings is 1. The molecule has 2 heterocycles. The molecule has 0 amide bonds. The van der Waals surface area contributed by atoms with E-state index in [1.54, 1.807) is 37.1 Å². The predicted octanol–water partition coefficient (Wildman–Crippen LogP) is 1.71. The number of nitrogens with zero attached hydrogens (tertiary/aromatic N) is 3. The van der Waals surface area contributed by atoms with Gasteiger partial charge in [-0.25, -0.2) is 4.52 Å². The summed E-state index contributed by atoms with van der Waals surface area (Å²) in [6, 6.07) is 9.40. The third-order valence-corrected chi connectivity index (χ3v) is 3.07. The molecule has 0 atom stereocenters. The molecular weight excluding hydrogens is 242 g/mol. The van der Waals surface area contributed by atoms with Crippen LogP contribution in [0.15, 0.2) is 47.5 Å². The Balaban J connectivity index is 2.20. The zero-order valence-corrected chi connectivity index (χ0v) is 10.7. The normalized spacial score (nSPS) is 10.8. The van der Waals surface area contributed by atoms with Crippen molar-refractivity contribution in [1.82, 2.24) is 14.2 Å². The van der Waals surface area contributed by atoms with Crippen molar-refractivity contribution < 1.29 is 4.74 Å². The van der Waals surface area contributed by atoms with E-state index >= 15 is 0 Å². The molecule has 0 bridgehead atoms. The molecule has 1 aromatic carbocycles. The average molecular weight is 255 g/mol. The van der Waals surface area contributed by atoms with Gasteiger partial charge < -0.3 is 9.30 Å². The highest BCUT2D eigenvalue weighted by atomic mass is 16.5. The van der Waals surface area contributed by atoms with Gasteiger partial charge in [0, 0.05) is 25.0 Å². The first kappa shape index (κ1) is 11.5. The molecule has 5 nitrogen and oxygen atoms in total. The number of hydrogen-bond acceptors (Lipinski definition) is 3. The first-order valence-corrected chi connectivity index (χ1v) is 5.88. The molecule has 96 valence electrons. The van der Waals surface area contributed by atoms with Crippen LogP contribution >= 0.6 is 0 Å². The molecule has 19 heavy (non-hydrogen) atoms. The number of ether oxygens (including phenoxy) is 1. The highest BCUT2D eigenvalue weighted by Gasteiger charge is 2.08. The van der Waals surface area contributed by atoms with Gasteiger partial charge in [-0.1, -0.05) is 12.1 Å². The van der Waals surface area contributed by atoms with Crippen LogP contribution in [0.25, 0.3) is 16.8 Å². The molecule has 0 spiro atoms. The fourth-order valence-electron chi connectivity index (χ4n) is 2.00. The fraction of sp³-hybridized carbons (Fsp3) is 0.143. The molecule has 2 aromatic heterocycles. The van der Waals surface area contributed by atoms with Crippen molar-refractivity contribution in [1.29, 1.82) is 0 Å². The van der Waals surface area contributed by atoms with E-state index in [1.165, 1.54) is 4.57 Å². The van der Waals surface area contributed by atoms with Crippen LogP contribution in [-0.4, -0.2) is 21.3 Å². The SMILES string of the molecule is COc1cccc(-c2cc3c(=O)n(C)ccn3n2)c1. The van der Waals surface area contributed by atoms with Crippen LogP contribution in [0.2, 0.25) is 0 Å². The van der Waals surface area contributed by atoms with E-state index < -0.39 is 0 Å². The Morgan fingerprint density at radius 3 is 2.84 bits per heavy atom. The minimum Gasteiger partial charge on any atom is -0.497 e. The molecule has 0 aliphatic carbocycles. The van der Waals surface area contributed by atoms with Crippen LogP contribution in [0.1, 0.15) is 0 Å². The lowest BCUT2D eigenvalue weighted by atomic mass is 10.1. The van der Waals surface area contributed by atoms with Gasteiger partial charge in [0.05, 0.1) is 12.8 Å². The quantitative estimate of drug-likeness (QED) is 0.700. The molecule has 3 aromatic rings. The Bertz CT molecular complexity index is 802. The van der Waals surface area contributed by atoms with E-state index in [9.17, 15) is 4.79 Å². The van der Waals surface area contributed by atoms with Crippen LogP contribution in [0.3, 0.4) is 0 Å². The lowest BCUT2D eigenvalue weighted by Gasteiger charge is -2.00. The van der Waals surface area contributed by atoms with Gasteiger partial charge in [0.25, 0.3) is 5.56 Å². The molecule has 3 rings (SSSR count). The minimum absolute atomic E-state index is 0.0656. The molecule has 0 unspecified atom stereocenters. The van der Waals surface area contributed by atoms with Crippen molar-refractivity contribution >= 4 is 5.52 Å². The molecule has 0 aliphatic rings. The zero-order valence-electron chi connectivity index (χ0n) is 10.7. The largest absolute Gasteiger partial charge is 0.497 e. The van der Waals surface area contributed by atoms with E-state index in [2.05, 4.69) is 5.10 Å². The predicted molar refractivity (Wildman–Crippen MR) is 72.4 cm³/mol. The third-order valence-electron chi connectivity index (χ3n) is 3.07. The van der Waals surface area contributed by atoms with E-state index in [0.29, 0.717) is 5.52 Å². The topological polar surface area (TPSA) is 48.5 Å². The molecule has 0 fully saturated rings. The van der Waals surface area contributed by atoms with Crippen LogP contribution in [0.4, 0.5) is 0 Å². The van der Waals surface area contributed by atoms with Crippen molar-refractivity contribution in [3.05, 3.63) is 53.1 Å². The Kier molecular flexibility index (Phi) is 2.59. The number of aryl methyl sites for hydroxylation is 1. The highest BCUT2D eigenvalue weighted by Crippen LogP contribution is 2.22. The van der Waals surface area contributed by atoms with Crippen LogP contribution in [0, 0.1) is 0 Å². The fourth-order valence-corrected chi connectivity index (χ4v) is 2.00. The Morgan fingerprint density at radius 2 is 2.05 bits per heavy atom. The van der Waals surface area contributed by atoms with Gasteiger partial charge in [0.1, 0.15) is 11.3 Å². The lowest BCUT2D eigenvalue weighted by Crippen LogP contribution is -2.17. The minimum atomic E-state index is -0.0656. The van der Waals surface area contributed by atoms with Crippen molar-refractivity contribution in [2.75, 3.05) is 7.11 Å². The molecule has 5 heteroatoms. The first-order valence-electron chi connectivity index (χ1n) is 5.88. The zero-order chi connectivity index (χ0) is 13.4. The number of fused-ring (bicyclic) bond motifs is 1. The van der Waals surface area contributed by atoms with Gasteiger partial charge in [-0.15, -0.1) is 0 Å². The number of hydrogen-bond donors (Lipinski definition) is 0. The summed E-state index contributed by atoms with van der Waals surface area (Å²) in [5.74, 6) is 0.766. The average Bonchev–Trinajstić information content (AvgIpc) is 2.88. The third kappa shape index (κ3) is 1.89. The van der Waals surface area contributed by atoms with E-state index in [0.717, 1.165) is 17.0 Å². The summed E-state index contributed by atoms with van der Waals surface area (Å²) in [4.78, 5) is 12.0. The molecule has 0 radical (unpaired) electrons. The maximum Gasteiger partial charge on any atom is 0.276 e. The second-order valence-electron chi connectivity index (χ2n) is 4.31. The second-order valence-corrected chi connectivity index (χ2v) is 4.31. The second kappa shape index (κ2) is 4.28. The summed E-state index contributed by atoms with van der Waals surface area (Å²) in [7, 11) is 3.35. The molecule has 0 aliphatic heterocycles. The van der Waals surface area contributed by atoms with Gasteiger partial charge in [-0.3, -0.25) is 4.79 Å². The van der Waals surface area contributed by atoms with E-state index in [1.807, 2.05) is 24.3 Å². The summed E-state index contributed by atoms with van der Waals surface area (Å²) < 4.78 is 8.32. The van der Waals surface area contributed by atoms with Crippen LogP contribution in [-0.2, 0) is 7.05 Å². The van der Waals surface area contributed by atoms with E-state index in [-0.39, 0.29) is 5.56 Å². The number of rotatable bonds is 2. The number of methoxy groups -OCH3 is 1. The summed E-state index contributed by atoms with van der Waals surface area (Å²) in [6.45, 7) is 0. The summed E-state index contributed by atoms with van der Waals surface area (Å²) in [5.41, 5.74) is 2.17. The van der Waals surface area contributed by atoms with Crippen molar-refractivity contribution in [2.24, 2.45) is 7.05 Å². The molecular formula is C14H13N3O2. The van der Waals surface area contributed by atoms with Gasteiger partial charge in [-0.2, -0.15) is 5.10 Å². The summed E-state index contributed by atoms with van der Waals surface area (Å²) in [5, 5.41) is 4.41. The summed E-state index contributed by atoms with van der Waals surface area (Å²) in [6.07, 6.45) is 3.46. The Labute approximate surface area is 109 Å². The highest BCUT2D eigenvalue weighted by molar-refractivity contribution is 5.66. The molecule has 0 saturated carbocycles. The maximum atomic E-state index is 12.0. The van der Waals surface area contributed by atoms with Crippen LogP contribution < -0.4 is 10.3 Å². The standard InChI is InChI=1S/C14H13N3O2/c1-16-6-7-17-13(14(16)18)9-12(15-17)10-4-3-5-11(8-10)19-2/h3-9H,1-2H3. The number of aromatic nitrogens is 3. The van der Waals surface area contributed by atoms with Gasteiger partial charge >= 0.3 is 0 Å². The Hall–Kier alpha value is -2.56. The summed E-state index contributed by atoms with van der Waals surface area (Å²) >= 11 is 0. The molecule has 0 saturated heterocycles. The lowest BCUT2D eigenvalue weighted by molar-refractivity contribution is 0.415. The van der Waals surface area contributed by atoms with Crippen molar-refractivity contribution in [3.63, 3.8) is 0 Å². The monoisotopic (exact) mass is 255 g/mol. The van der Waals surface area contributed by atoms with Gasteiger partial charge in [0.15, 0.2) is 0 Å². The van der Waals surface area contributed by atoms with Crippen molar-refractivity contribution in [2.45, 2.75) is 0 Å². The maximum absolute atomic E-state index is 12.0. The molecule has 0 N–H and O–H groups in total. The van der Waals surface area contributed by atoms with Crippen molar-refractivity contribution in [3.8, 4) is 17.0 Å². The van der Waals surface area contributed by atoms with E-state index in [4.69, 9.17) is 4.74 Å². The van der Waals surface area contributed by atoms with Gasteiger partial charge in [-0.05, 0) is 18.2 Å².